The molecule has 0 aliphatic rings. The molecule has 0 radical (unpaired) electrons. The van der Waals surface area contributed by atoms with Crippen LogP contribution in [-0.2, 0) is 0 Å². The van der Waals surface area contributed by atoms with Gasteiger partial charge in [-0.2, -0.15) is 4.98 Å². The molecule has 0 bridgehead atoms. The molecule has 0 atom stereocenters. The van der Waals surface area contributed by atoms with Crippen molar-refractivity contribution in [2.75, 3.05) is 0 Å². The Kier molecular flexibility index (Phi) is 1.90. The Bertz CT molecular complexity index is 427. The Balaban J connectivity index is 2.46. The zero-order valence-electron chi connectivity index (χ0n) is 6.55. The van der Waals surface area contributed by atoms with Crippen LogP contribution in [0, 0.1) is 0 Å². The highest BCUT2D eigenvalue weighted by Gasteiger charge is 2.00. The maximum absolute atomic E-state index is 8.91. The third-order valence-electron chi connectivity index (χ3n) is 1.55. The van der Waals surface area contributed by atoms with Crippen LogP contribution in [0.1, 0.15) is 0 Å². The second-order valence-electron chi connectivity index (χ2n) is 2.47. The lowest BCUT2D eigenvalue weighted by Gasteiger charge is -1.98. The average Bonchev–Trinajstić information content (AvgIpc) is 2.52. The van der Waals surface area contributed by atoms with E-state index in [0.29, 0.717) is 5.02 Å². The number of aromatic nitrogens is 3. The number of aromatic hydroxyl groups is 1. The third kappa shape index (κ3) is 1.62. The highest BCUT2D eigenvalue weighted by atomic mass is 35.5. The molecule has 1 heterocycles. The molecule has 1 N–H and O–H groups in total. The third-order valence-corrected chi connectivity index (χ3v) is 1.79. The largest absolute Gasteiger partial charge is 0.478 e. The fourth-order valence-corrected chi connectivity index (χ4v) is 1.18. The molecule has 13 heavy (non-hydrogen) atoms. The summed E-state index contributed by atoms with van der Waals surface area (Å²) < 4.78 is 1.45. The van der Waals surface area contributed by atoms with Gasteiger partial charge in [0.2, 0.25) is 0 Å². The van der Waals surface area contributed by atoms with Gasteiger partial charge in [0.05, 0.1) is 5.69 Å². The number of hydrogen-bond acceptors (Lipinski definition) is 3. The zero-order chi connectivity index (χ0) is 9.26. The molecule has 2 aromatic rings. The minimum atomic E-state index is -0.250. The number of benzene rings is 1. The summed E-state index contributed by atoms with van der Waals surface area (Å²) in [6.07, 6.45) is 1.42. The number of hydrogen-bond donors (Lipinski definition) is 1. The second-order valence-corrected chi connectivity index (χ2v) is 2.91. The Morgan fingerprint density at radius 1 is 1.38 bits per heavy atom. The van der Waals surface area contributed by atoms with Crippen LogP contribution in [0.5, 0.6) is 6.01 Å². The van der Waals surface area contributed by atoms with Crippen molar-refractivity contribution in [2.24, 2.45) is 0 Å². The molecule has 0 fully saturated rings. The maximum atomic E-state index is 8.91. The van der Waals surface area contributed by atoms with Crippen LogP contribution in [0.15, 0.2) is 30.6 Å². The lowest BCUT2D eigenvalue weighted by atomic mass is 10.3. The van der Waals surface area contributed by atoms with Gasteiger partial charge in [-0.1, -0.05) is 17.7 Å². The monoisotopic (exact) mass is 195 g/mol. The topological polar surface area (TPSA) is 50.9 Å². The highest BCUT2D eigenvalue weighted by molar-refractivity contribution is 6.30. The maximum Gasteiger partial charge on any atom is 0.333 e. The predicted molar refractivity (Wildman–Crippen MR) is 48.0 cm³/mol. The van der Waals surface area contributed by atoms with Gasteiger partial charge in [-0.25, -0.2) is 4.68 Å². The molecule has 66 valence electrons. The van der Waals surface area contributed by atoms with Crippen LogP contribution < -0.4 is 0 Å². The van der Waals surface area contributed by atoms with E-state index in [0.717, 1.165) is 5.69 Å². The molecular formula is C8H6ClN3O. The first kappa shape index (κ1) is 8.07. The number of halogens is 1. The summed E-state index contributed by atoms with van der Waals surface area (Å²) in [7, 11) is 0. The van der Waals surface area contributed by atoms with Crippen LogP contribution in [0.2, 0.25) is 5.02 Å². The van der Waals surface area contributed by atoms with Crippen molar-refractivity contribution in [2.45, 2.75) is 0 Å². The number of rotatable bonds is 1. The lowest BCUT2D eigenvalue weighted by Crippen LogP contribution is -1.93. The fraction of sp³-hybridized carbons (Fsp3) is 0. The molecular weight excluding hydrogens is 190 g/mol. The van der Waals surface area contributed by atoms with Gasteiger partial charge in [0.15, 0.2) is 0 Å². The van der Waals surface area contributed by atoms with E-state index in [1.165, 1.54) is 11.0 Å². The van der Waals surface area contributed by atoms with E-state index in [2.05, 4.69) is 10.1 Å². The van der Waals surface area contributed by atoms with E-state index in [1.807, 2.05) is 6.07 Å². The fourth-order valence-electron chi connectivity index (χ4n) is 0.997. The quantitative estimate of drug-likeness (QED) is 0.753. The molecule has 4 nitrogen and oxygen atoms in total. The summed E-state index contributed by atoms with van der Waals surface area (Å²) in [4.78, 5) is 3.59. The molecule has 0 spiro atoms. The first-order valence-electron chi connectivity index (χ1n) is 3.62. The summed E-state index contributed by atoms with van der Waals surface area (Å²) in [5, 5.41) is 13.3. The molecule has 2 rings (SSSR count). The zero-order valence-corrected chi connectivity index (χ0v) is 7.31. The summed E-state index contributed by atoms with van der Waals surface area (Å²) >= 11 is 5.78. The minimum absolute atomic E-state index is 0.250. The van der Waals surface area contributed by atoms with E-state index in [4.69, 9.17) is 16.7 Å². The van der Waals surface area contributed by atoms with Gasteiger partial charge in [0.1, 0.15) is 6.33 Å². The normalized spacial score (nSPS) is 10.2. The highest BCUT2D eigenvalue weighted by Crippen LogP contribution is 2.14. The van der Waals surface area contributed by atoms with E-state index < -0.39 is 0 Å². The van der Waals surface area contributed by atoms with E-state index in [9.17, 15) is 0 Å². The predicted octanol–water partition coefficient (Wildman–Crippen LogP) is 1.63. The van der Waals surface area contributed by atoms with Gasteiger partial charge in [0, 0.05) is 5.02 Å². The van der Waals surface area contributed by atoms with Gasteiger partial charge in [0.25, 0.3) is 0 Å². The molecule has 1 aromatic carbocycles. The molecule has 0 unspecified atom stereocenters. The Morgan fingerprint density at radius 2 is 2.23 bits per heavy atom. The van der Waals surface area contributed by atoms with Crippen LogP contribution in [0.4, 0.5) is 0 Å². The van der Waals surface area contributed by atoms with Crippen molar-refractivity contribution in [3.8, 4) is 11.7 Å². The van der Waals surface area contributed by atoms with Crippen LogP contribution in [-0.4, -0.2) is 19.9 Å². The van der Waals surface area contributed by atoms with E-state index in [-0.39, 0.29) is 6.01 Å². The average molecular weight is 196 g/mol. The number of nitrogens with zero attached hydrogens (tertiary/aromatic N) is 3. The molecule has 0 aliphatic carbocycles. The summed E-state index contributed by atoms with van der Waals surface area (Å²) in [5.74, 6) is 0. The SMILES string of the molecule is Oc1ncn(-c2cccc(Cl)c2)n1. The van der Waals surface area contributed by atoms with Gasteiger partial charge in [-0.15, -0.1) is 5.10 Å². The van der Waals surface area contributed by atoms with Gasteiger partial charge >= 0.3 is 6.01 Å². The first-order valence-corrected chi connectivity index (χ1v) is 4.00. The first-order chi connectivity index (χ1) is 6.25. The molecule has 0 aliphatic heterocycles. The standard InChI is InChI=1S/C8H6ClN3O/c9-6-2-1-3-7(4-6)12-5-10-8(13)11-12/h1-5H,(H,11,13). The lowest BCUT2D eigenvalue weighted by molar-refractivity contribution is 0.430. The van der Waals surface area contributed by atoms with Crippen LogP contribution in [0.25, 0.3) is 5.69 Å². The van der Waals surface area contributed by atoms with E-state index in [1.54, 1.807) is 18.2 Å². The van der Waals surface area contributed by atoms with Crippen molar-refractivity contribution in [1.82, 2.24) is 14.8 Å². The molecule has 0 saturated heterocycles. The summed E-state index contributed by atoms with van der Waals surface area (Å²) in [5.41, 5.74) is 0.764. The van der Waals surface area contributed by atoms with Crippen molar-refractivity contribution < 1.29 is 5.11 Å². The van der Waals surface area contributed by atoms with Crippen molar-refractivity contribution in [1.29, 1.82) is 0 Å². The van der Waals surface area contributed by atoms with Crippen LogP contribution >= 0.6 is 11.6 Å². The molecule has 5 heteroatoms. The van der Waals surface area contributed by atoms with E-state index >= 15 is 0 Å². The molecule has 1 aromatic heterocycles. The molecule has 0 amide bonds. The molecule has 0 saturated carbocycles. The van der Waals surface area contributed by atoms with Crippen molar-refractivity contribution in [3.63, 3.8) is 0 Å². The summed E-state index contributed by atoms with van der Waals surface area (Å²) in [6.45, 7) is 0. The van der Waals surface area contributed by atoms with Crippen LogP contribution in [0.3, 0.4) is 0 Å². The van der Waals surface area contributed by atoms with Crippen molar-refractivity contribution >= 4 is 11.6 Å². The Labute approximate surface area is 79.4 Å². The van der Waals surface area contributed by atoms with Gasteiger partial charge < -0.3 is 5.11 Å². The van der Waals surface area contributed by atoms with Gasteiger partial charge in [-0.05, 0) is 18.2 Å². The van der Waals surface area contributed by atoms with Gasteiger partial charge in [-0.3, -0.25) is 0 Å². The smallest absolute Gasteiger partial charge is 0.333 e. The summed E-state index contributed by atoms with van der Waals surface area (Å²) in [6, 6.07) is 6.87. The Morgan fingerprint density at radius 3 is 2.85 bits per heavy atom. The Hall–Kier alpha value is -1.55. The second kappa shape index (κ2) is 3.06. The van der Waals surface area contributed by atoms with Crippen molar-refractivity contribution in [3.05, 3.63) is 35.6 Å². The minimum Gasteiger partial charge on any atom is -0.478 e.